The second-order valence-electron chi connectivity index (χ2n) is 9.87. The van der Waals surface area contributed by atoms with E-state index in [1.807, 2.05) is 45.0 Å². The van der Waals surface area contributed by atoms with Gasteiger partial charge >= 0.3 is 6.09 Å². The molecule has 1 saturated heterocycles. The minimum absolute atomic E-state index is 0.140. The molecule has 2 aromatic rings. The smallest absolute Gasteiger partial charge is 0.410 e. The summed E-state index contributed by atoms with van der Waals surface area (Å²) in [6, 6.07) is 14.2. The van der Waals surface area contributed by atoms with Crippen molar-refractivity contribution in [2.24, 2.45) is 0 Å². The van der Waals surface area contributed by atoms with E-state index in [0.29, 0.717) is 26.3 Å². The Morgan fingerprint density at radius 2 is 1.45 bits per heavy atom. The maximum absolute atomic E-state index is 12.5. The quantitative estimate of drug-likeness (QED) is 0.318. The fourth-order valence-electron chi connectivity index (χ4n) is 3.78. The number of hydrogen-bond acceptors (Lipinski definition) is 8. The molecule has 0 aromatic heterocycles. The number of nitrogens with zero attached hydrogens (tertiary/aromatic N) is 2. The van der Waals surface area contributed by atoms with Gasteiger partial charge in [0.05, 0.1) is 31.8 Å². The molecule has 210 valence electrons. The fourth-order valence-corrected chi connectivity index (χ4v) is 4.68. The highest BCUT2D eigenvalue weighted by Gasteiger charge is 2.25. The number of methoxy groups -OCH3 is 1. The highest BCUT2D eigenvalue weighted by molar-refractivity contribution is 7.89. The van der Waals surface area contributed by atoms with Crippen LogP contribution in [0.2, 0.25) is 0 Å². The van der Waals surface area contributed by atoms with Crippen molar-refractivity contribution in [3.63, 3.8) is 0 Å². The summed E-state index contributed by atoms with van der Waals surface area (Å²) in [5, 5.41) is 0. The molecule has 10 nitrogen and oxygen atoms in total. The van der Waals surface area contributed by atoms with Crippen LogP contribution in [0.15, 0.2) is 53.4 Å². The molecule has 11 heteroatoms. The summed E-state index contributed by atoms with van der Waals surface area (Å²) in [4.78, 5) is 16.3. The fraction of sp³-hybridized carbons (Fsp3) is 0.519. The standard InChI is InChI=1S/C27H39N3O7S/c1-27(2,3)37-26(31)30-15-13-29(14-16-30)17-18-35-19-20-36-21-28-38(32,33)25-11-7-23(8-12-25)22-5-9-24(34-4)10-6-22/h5-12,28H,13-21H2,1-4H3. The van der Waals surface area contributed by atoms with Crippen LogP contribution in [0.4, 0.5) is 4.79 Å². The van der Waals surface area contributed by atoms with Crippen molar-refractivity contribution in [1.29, 1.82) is 0 Å². The predicted octanol–water partition coefficient (Wildman–Crippen LogP) is 3.18. The third-order valence-corrected chi connectivity index (χ3v) is 7.28. The summed E-state index contributed by atoms with van der Waals surface area (Å²) in [6.45, 7) is 10.1. The van der Waals surface area contributed by atoms with Crippen LogP contribution < -0.4 is 9.46 Å². The van der Waals surface area contributed by atoms with Crippen molar-refractivity contribution in [2.45, 2.75) is 31.3 Å². The zero-order valence-corrected chi connectivity index (χ0v) is 23.5. The zero-order chi connectivity index (χ0) is 27.6. The second-order valence-corrected chi connectivity index (χ2v) is 11.6. The summed E-state index contributed by atoms with van der Waals surface area (Å²) in [7, 11) is -2.07. The monoisotopic (exact) mass is 549 g/mol. The van der Waals surface area contributed by atoms with Crippen LogP contribution in [-0.2, 0) is 24.2 Å². The topological polar surface area (TPSA) is 107 Å². The summed E-state index contributed by atoms with van der Waals surface area (Å²) in [5.41, 5.74) is 1.38. The van der Waals surface area contributed by atoms with E-state index in [1.54, 1.807) is 36.3 Å². The van der Waals surface area contributed by atoms with Gasteiger partial charge in [-0.1, -0.05) is 24.3 Å². The number of amides is 1. The Kier molecular flexibility index (Phi) is 10.9. The molecule has 0 saturated carbocycles. The molecule has 1 amide bonds. The molecule has 1 aliphatic heterocycles. The molecule has 1 heterocycles. The third-order valence-electron chi connectivity index (χ3n) is 5.89. The Balaban J connectivity index is 1.27. The maximum atomic E-state index is 12.5. The van der Waals surface area contributed by atoms with Crippen molar-refractivity contribution >= 4 is 16.1 Å². The average Bonchev–Trinajstić information content (AvgIpc) is 2.89. The number of sulfonamides is 1. The number of benzene rings is 2. The number of carbonyl (C=O) groups excluding carboxylic acids is 1. The van der Waals surface area contributed by atoms with Gasteiger partial charge in [0.25, 0.3) is 0 Å². The number of nitrogens with one attached hydrogen (secondary N) is 1. The molecule has 0 spiro atoms. The van der Waals surface area contributed by atoms with E-state index in [9.17, 15) is 13.2 Å². The van der Waals surface area contributed by atoms with Crippen molar-refractivity contribution in [3.8, 4) is 16.9 Å². The van der Waals surface area contributed by atoms with Gasteiger partial charge in [0, 0.05) is 32.7 Å². The second kappa shape index (κ2) is 13.9. The molecule has 1 N–H and O–H groups in total. The Hall–Kier alpha value is -2.70. The first-order valence-corrected chi connectivity index (χ1v) is 14.2. The summed E-state index contributed by atoms with van der Waals surface area (Å²) in [5.74, 6) is 0.762. The van der Waals surface area contributed by atoms with Crippen LogP contribution in [0.5, 0.6) is 5.75 Å². The lowest BCUT2D eigenvalue weighted by molar-refractivity contribution is 0.00795. The third kappa shape index (κ3) is 9.55. The van der Waals surface area contributed by atoms with Crippen molar-refractivity contribution in [2.75, 3.05) is 66.4 Å². The molecular weight excluding hydrogens is 510 g/mol. The van der Waals surface area contributed by atoms with E-state index in [1.165, 1.54) is 0 Å². The minimum atomic E-state index is -3.68. The molecular formula is C27H39N3O7S. The summed E-state index contributed by atoms with van der Waals surface area (Å²) < 4.78 is 49.1. The van der Waals surface area contributed by atoms with E-state index in [4.69, 9.17) is 18.9 Å². The lowest BCUT2D eigenvalue weighted by Crippen LogP contribution is -2.50. The van der Waals surface area contributed by atoms with E-state index in [-0.39, 0.29) is 24.3 Å². The van der Waals surface area contributed by atoms with Crippen LogP contribution in [0.1, 0.15) is 20.8 Å². The Labute approximate surface area is 225 Å². The first-order chi connectivity index (χ1) is 18.1. The minimum Gasteiger partial charge on any atom is -0.497 e. The van der Waals surface area contributed by atoms with Gasteiger partial charge in [0.2, 0.25) is 10.0 Å². The molecule has 38 heavy (non-hydrogen) atoms. The van der Waals surface area contributed by atoms with Gasteiger partial charge < -0.3 is 23.8 Å². The Bertz CT molecular complexity index is 1110. The maximum Gasteiger partial charge on any atom is 0.410 e. The normalized spacial score (nSPS) is 14.9. The number of piperazine rings is 1. The number of ether oxygens (including phenoxy) is 4. The molecule has 1 fully saturated rings. The molecule has 0 atom stereocenters. The molecule has 1 aliphatic rings. The van der Waals surface area contributed by atoms with Gasteiger partial charge in [0.1, 0.15) is 18.1 Å². The number of carbonyl (C=O) groups is 1. The first-order valence-electron chi connectivity index (χ1n) is 12.7. The number of hydrogen-bond donors (Lipinski definition) is 1. The van der Waals surface area contributed by atoms with E-state index < -0.39 is 15.6 Å². The van der Waals surface area contributed by atoms with Crippen LogP contribution in [-0.4, -0.2) is 96.3 Å². The lowest BCUT2D eigenvalue weighted by atomic mass is 10.1. The van der Waals surface area contributed by atoms with Gasteiger partial charge in [0.15, 0.2) is 0 Å². The Morgan fingerprint density at radius 3 is 2.03 bits per heavy atom. The molecule has 0 aliphatic carbocycles. The first kappa shape index (κ1) is 29.9. The lowest BCUT2D eigenvalue weighted by Gasteiger charge is -2.35. The molecule has 2 aromatic carbocycles. The zero-order valence-electron chi connectivity index (χ0n) is 22.6. The Morgan fingerprint density at radius 1 is 0.868 bits per heavy atom. The van der Waals surface area contributed by atoms with Crippen molar-refractivity contribution in [3.05, 3.63) is 48.5 Å². The highest BCUT2D eigenvalue weighted by Crippen LogP contribution is 2.23. The summed E-state index contributed by atoms with van der Waals surface area (Å²) >= 11 is 0. The van der Waals surface area contributed by atoms with Gasteiger partial charge in [-0.05, 0) is 56.2 Å². The molecule has 0 radical (unpaired) electrons. The van der Waals surface area contributed by atoms with E-state index in [2.05, 4.69) is 9.62 Å². The SMILES string of the molecule is COc1ccc(-c2ccc(S(=O)(=O)NCOCCOCCN3CCN(C(=O)OC(C)(C)C)CC3)cc2)cc1. The number of rotatable bonds is 12. The molecule has 0 bridgehead atoms. The predicted molar refractivity (Wildman–Crippen MR) is 145 cm³/mol. The average molecular weight is 550 g/mol. The van der Waals surface area contributed by atoms with E-state index >= 15 is 0 Å². The van der Waals surface area contributed by atoms with Gasteiger partial charge in [-0.2, -0.15) is 4.72 Å². The van der Waals surface area contributed by atoms with Crippen LogP contribution >= 0.6 is 0 Å². The van der Waals surface area contributed by atoms with Crippen LogP contribution in [0, 0.1) is 0 Å². The van der Waals surface area contributed by atoms with Crippen molar-refractivity contribution in [1.82, 2.24) is 14.5 Å². The van der Waals surface area contributed by atoms with Gasteiger partial charge in [-0.25, -0.2) is 13.2 Å². The molecule has 3 rings (SSSR count). The van der Waals surface area contributed by atoms with Crippen molar-refractivity contribution < 1.29 is 32.2 Å². The van der Waals surface area contributed by atoms with Gasteiger partial charge in [-0.3, -0.25) is 4.90 Å². The highest BCUT2D eigenvalue weighted by atomic mass is 32.2. The van der Waals surface area contributed by atoms with Crippen LogP contribution in [0.3, 0.4) is 0 Å². The van der Waals surface area contributed by atoms with Crippen LogP contribution in [0.25, 0.3) is 11.1 Å². The summed E-state index contributed by atoms with van der Waals surface area (Å²) in [6.07, 6.45) is -0.272. The largest absolute Gasteiger partial charge is 0.497 e. The van der Waals surface area contributed by atoms with Gasteiger partial charge in [-0.15, -0.1) is 0 Å². The van der Waals surface area contributed by atoms with E-state index in [0.717, 1.165) is 36.5 Å². The molecule has 0 unspecified atom stereocenters.